The fraction of sp³-hybridized carbons (Fsp3) is 0.600. The Balaban J connectivity index is 2.12. The van der Waals surface area contributed by atoms with Crippen LogP contribution in [0.4, 0.5) is 0 Å². The molecule has 0 radical (unpaired) electrons. The highest BCUT2D eigenvalue weighted by molar-refractivity contribution is 9.11. The van der Waals surface area contributed by atoms with Crippen molar-refractivity contribution >= 4 is 37.3 Å². The summed E-state index contributed by atoms with van der Waals surface area (Å²) in [5.74, 6) is 0. The molecule has 0 aliphatic carbocycles. The molecule has 1 aliphatic rings. The van der Waals surface area contributed by atoms with E-state index in [9.17, 15) is 8.42 Å². The topological polar surface area (TPSA) is 58.2 Å². The largest absolute Gasteiger partial charge is 0.317 e. The second kappa shape index (κ2) is 5.36. The predicted octanol–water partition coefficient (Wildman–Crippen LogP) is 1.85. The van der Waals surface area contributed by atoms with Crippen LogP contribution in [0.2, 0.25) is 0 Å². The maximum Gasteiger partial charge on any atom is 0.250 e. The Labute approximate surface area is 114 Å². The Morgan fingerprint density at radius 1 is 1.47 bits per heavy atom. The van der Waals surface area contributed by atoms with Crippen LogP contribution in [0.3, 0.4) is 0 Å². The van der Waals surface area contributed by atoms with Crippen LogP contribution in [0.1, 0.15) is 18.4 Å². The van der Waals surface area contributed by atoms with E-state index in [1.165, 1.54) is 11.3 Å². The van der Waals surface area contributed by atoms with Gasteiger partial charge in [-0.25, -0.2) is 13.1 Å². The second-order valence-corrected chi connectivity index (χ2v) is 8.48. The number of halogens is 1. The number of nitrogens with one attached hydrogen (secondary N) is 2. The summed E-state index contributed by atoms with van der Waals surface area (Å²) in [5, 5.41) is 3.21. The maximum absolute atomic E-state index is 12.1. The minimum atomic E-state index is -3.35. The molecule has 1 aromatic heterocycles. The number of piperidine rings is 1. The standard InChI is InChI=1S/C10H15BrN2O2S2/c1-7-6-9(16-10(7)11)17(14,15)13-8-2-4-12-5-3-8/h6,8,12-13H,2-5H2,1H3. The van der Waals surface area contributed by atoms with Crippen molar-refractivity contribution in [2.24, 2.45) is 0 Å². The quantitative estimate of drug-likeness (QED) is 0.884. The Bertz CT molecular complexity index is 473. The fourth-order valence-corrected chi connectivity index (χ4v) is 5.33. The summed E-state index contributed by atoms with van der Waals surface area (Å²) in [6.45, 7) is 3.64. The third-order valence-corrected chi connectivity index (χ3v) is 6.89. The lowest BCUT2D eigenvalue weighted by Gasteiger charge is -2.23. The number of rotatable bonds is 3. The third-order valence-electron chi connectivity index (χ3n) is 2.76. The lowest BCUT2D eigenvalue weighted by molar-refractivity contribution is 0.427. The number of aryl methyl sites for hydroxylation is 1. The molecule has 1 aliphatic heterocycles. The van der Waals surface area contributed by atoms with Gasteiger partial charge in [0.1, 0.15) is 4.21 Å². The maximum atomic E-state index is 12.1. The van der Waals surface area contributed by atoms with Crippen molar-refractivity contribution in [2.45, 2.75) is 30.0 Å². The first-order valence-corrected chi connectivity index (χ1v) is 8.57. The number of sulfonamides is 1. The lowest BCUT2D eigenvalue weighted by atomic mass is 10.1. The van der Waals surface area contributed by atoms with E-state index in [2.05, 4.69) is 26.0 Å². The van der Waals surface area contributed by atoms with E-state index in [4.69, 9.17) is 0 Å². The second-order valence-electron chi connectivity index (χ2n) is 4.17. The predicted molar refractivity (Wildman–Crippen MR) is 73.0 cm³/mol. The molecule has 1 saturated heterocycles. The van der Waals surface area contributed by atoms with Crippen LogP contribution < -0.4 is 10.0 Å². The molecule has 0 bridgehead atoms. The van der Waals surface area contributed by atoms with E-state index in [-0.39, 0.29) is 6.04 Å². The Morgan fingerprint density at radius 2 is 2.12 bits per heavy atom. The Hall–Kier alpha value is 0.0500. The smallest absolute Gasteiger partial charge is 0.250 e. The highest BCUT2D eigenvalue weighted by Crippen LogP contribution is 2.30. The highest BCUT2D eigenvalue weighted by Gasteiger charge is 2.23. The van der Waals surface area contributed by atoms with Gasteiger partial charge < -0.3 is 5.32 Å². The highest BCUT2D eigenvalue weighted by atomic mass is 79.9. The molecule has 4 nitrogen and oxygen atoms in total. The summed E-state index contributed by atoms with van der Waals surface area (Å²) in [7, 11) is -3.35. The van der Waals surface area contributed by atoms with Gasteiger partial charge in [-0.1, -0.05) is 0 Å². The molecule has 96 valence electrons. The summed E-state index contributed by atoms with van der Waals surface area (Å²) >= 11 is 4.61. The van der Waals surface area contributed by atoms with Gasteiger partial charge in [0.25, 0.3) is 0 Å². The molecular weight excluding hydrogens is 324 g/mol. The van der Waals surface area contributed by atoms with E-state index in [0.717, 1.165) is 35.3 Å². The van der Waals surface area contributed by atoms with E-state index < -0.39 is 10.0 Å². The first-order chi connectivity index (χ1) is 7.99. The molecule has 0 saturated carbocycles. The fourth-order valence-electron chi connectivity index (χ4n) is 1.78. The molecule has 2 N–H and O–H groups in total. The number of hydrogen-bond donors (Lipinski definition) is 2. The van der Waals surface area contributed by atoms with Crippen molar-refractivity contribution in [3.05, 3.63) is 15.4 Å². The van der Waals surface area contributed by atoms with Crippen LogP contribution in [-0.4, -0.2) is 27.5 Å². The molecule has 2 rings (SSSR count). The van der Waals surface area contributed by atoms with Crippen LogP contribution in [0.15, 0.2) is 14.1 Å². The van der Waals surface area contributed by atoms with E-state index in [0.29, 0.717) is 4.21 Å². The summed E-state index contributed by atoms with van der Waals surface area (Å²) in [4.78, 5) is 0. The Kier molecular flexibility index (Phi) is 4.25. The van der Waals surface area contributed by atoms with E-state index in [1.54, 1.807) is 6.07 Å². The van der Waals surface area contributed by atoms with Crippen LogP contribution in [0.25, 0.3) is 0 Å². The molecule has 0 spiro atoms. The average Bonchev–Trinajstić information content (AvgIpc) is 2.61. The first kappa shape index (κ1) is 13.5. The molecule has 1 fully saturated rings. The van der Waals surface area contributed by atoms with E-state index >= 15 is 0 Å². The average molecular weight is 339 g/mol. The summed E-state index contributed by atoms with van der Waals surface area (Å²) in [6.07, 6.45) is 1.70. The molecule has 17 heavy (non-hydrogen) atoms. The minimum Gasteiger partial charge on any atom is -0.317 e. The first-order valence-electron chi connectivity index (χ1n) is 5.48. The Morgan fingerprint density at radius 3 is 2.65 bits per heavy atom. The van der Waals surface area contributed by atoms with Crippen LogP contribution in [-0.2, 0) is 10.0 Å². The zero-order valence-electron chi connectivity index (χ0n) is 9.49. The molecular formula is C10H15BrN2O2S2. The molecule has 0 atom stereocenters. The van der Waals surface area contributed by atoms with Gasteiger partial charge in [-0.15, -0.1) is 11.3 Å². The zero-order valence-corrected chi connectivity index (χ0v) is 12.7. The van der Waals surface area contributed by atoms with Crippen molar-refractivity contribution in [2.75, 3.05) is 13.1 Å². The van der Waals surface area contributed by atoms with Gasteiger partial charge in [0.15, 0.2) is 0 Å². The van der Waals surface area contributed by atoms with Gasteiger partial charge in [-0.2, -0.15) is 0 Å². The summed E-state index contributed by atoms with van der Waals surface area (Å²) in [5.41, 5.74) is 0.959. The SMILES string of the molecule is Cc1cc(S(=O)(=O)NC2CCNCC2)sc1Br. The van der Waals surface area contributed by atoms with Gasteiger partial charge in [0, 0.05) is 6.04 Å². The molecule has 0 aromatic carbocycles. The third kappa shape index (κ3) is 3.29. The van der Waals surface area contributed by atoms with Crippen molar-refractivity contribution in [3.8, 4) is 0 Å². The summed E-state index contributed by atoms with van der Waals surface area (Å²) in [6, 6.07) is 1.76. The molecule has 7 heteroatoms. The molecule has 1 aromatic rings. The minimum absolute atomic E-state index is 0.0578. The summed E-state index contributed by atoms with van der Waals surface area (Å²) < 4.78 is 28.3. The van der Waals surface area contributed by atoms with Gasteiger partial charge in [0.05, 0.1) is 3.79 Å². The van der Waals surface area contributed by atoms with Gasteiger partial charge in [-0.05, 0) is 60.4 Å². The monoisotopic (exact) mass is 338 g/mol. The molecule has 2 heterocycles. The normalized spacial score (nSPS) is 18.5. The van der Waals surface area contributed by atoms with E-state index in [1.807, 2.05) is 6.92 Å². The van der Waals surface area contributed by atoms with Gasteiger partial charge in [-0.3, -0.25) is 0 Å². The van der Waals surface area contributed by atoms with Gasteiger partial charge in [0.2, 0.25) is 10.0 Å². The molecule has 0 unspecified atom stereocenters. The molecule has 0 amide bonds. The van der Waals surface area contributed by atoms with Crippen molar-refractivity contribution in [1.29, 1.82) is 0 Å². The number of hydrogen-bond acceptors (Lipinski definition) is 4. The van der Waals surface area contributed by atoms with Crippen LogP contribution >= 0.6 is 27.3 Å². The van der Waals surface area contributed by atoms with Gasteiger partial charge >= 0.3 is 0 Å². The zero-order chi connectivity index (χ0) is 12.5. The van der Waals surface area contributed by atoms with Crippen molar-refractivity contribution in [1.82, 2.24) is 10.0 Å². The van der Waals surface area contributed by atoms with Crippen LogP contribution in [0.5, 0.6) is 0 Å². The van der Waals surface area contributed by atoms with Crippen LogP contribution in [0, 0.1) is 6.92 Å². The van der Waals surface area contributed by atoms with Crippen molar-refractivity contribution in [3.63, 3.8) is 0 Å². The lowest BCUT2D eigenvalue weighted by Crippen LogP contribution is -2.42. The number of thiophene rings is 1. The van der Waals surface area contributed by atoms with Crippen molar-refractivity contribution < 1.29 is 8.42 Å².